The van der Waals surface area contributed by atoms with Gasteiger partial charge in [-0.2, -0.15) is 0 Å². The van der Waals surface area contributed by atoms with Gasteiger partial charge in [-0.05, 0) is 29.8 Å². The van der Waals surface area contributed by atoms with Crippen molar-refractivity contribution in [2.75, 3.05) is 20.1 Å². The van der Waals surface area contributed by atoms with E-state index in [1.165, 1.54) is 11.3 Å². The highest BCUT2D eigenvalue weighted by atomic mass is 35.5. The van der Waals surface area contributed by atoms with Crippen molar-refractivity contribution in [3.8, 4) is 0 Å². The Morgan fingerprint density at radius 3 is 2.68 bits per heavy atom. The van der Waals surface area contributed by atoms with Crippen LogP contribution in [-0.4, -0.2) is 26.0 Å². The van der Waals surface area contributed by atoms with Crippen LogP contribution in [0.3, 0.4) is 0 Å². The number of amides is 1. The standard InChI is InChI=1S/C17H20Cl2N4OS/c1-22-13(5-6-20)12-8-15(25-16(12)19)17(24)23-14(9-21)10-3-2-4-11(18)7-10/h2-5,7-8,14,22H,6,9,20-21H2,1H3,(H,23,24)/b13-5-. The number of nitrogens with two attached hydrogens (primary N) is 2. The summed E-state index contributed by atoms with van der Waals surface area (Å²) in [7, 11) is 1.78. The van der Waals surface area contributed by atoms with Gasteiger partial charge in [0.15, 0.2) is 0 Å². The molecule has 0 bridgehead atoms. The monoisotopic (exact) mass is 398 g/mol. The molecular formula is C17H20Cl2N4OS. The van der Waals surface area contributed by atoms with Crippen LogP contribution in [0, 0.1) is 0 Å². The Hall–Kier alpha value is -1.57. The minimum atomic E-state index is -0.334. The molecule has 1 unspecified atom stereocenters. The van der Waals surface area contributed by atoms with E-state index in [-0.39, 0.29) is 18.5 Å². The molecule has 2 aromatic rings. The molecule has 0 radical (unpaired) electrons. The minimum Gasteiger partial charge on any atom is -0.388 e. The predicted octanol–water partition coefficient (Wildman–Crippen LogP) is 3.00. The third-order valence-corrected chi connectivity index (χ3v) is 5.18. The van der Waals surface area contributed by atoms with Crippen LogP contribution in [0.1, 0.15) is 26.8 Å². The Balaban J connectivity index is 2.21. The van der Waals surface area contributed by atoms with E-state index in [0.717, 1.165) is 16.8 Å². The molecule has 1 aromatic heterocycles. The molecule has 0 saturated heterocycles. The van der Waals surface area contributed by atoms with Crippen molar-refractivity contribution >= 4 is 46.1 Å². The van der Waals surface area contributed by atoms with E-state index >= 15 is 0 Å². The Bertz CT molecular complexity index is 776. The van der Waals surface area contributed by atoms with E-state index in [1.807, 2.05) is 18.2 Å². The van der Waals surface area contributed by atoms with Crippen LogP contribution in [0.4, 0.5) is 0 Å². The maximum absolute atomic E-state index is 12.6. The molecule has 8 heteroatoms. The Kier molecular flexibility index (Phi) is 7.28. The highest BCUT2D eigenvalue weighted by Crippen LogP contribution is 2.32. The van der Waals surface area contributed by atoms with Crippen molar-refractivity contribution in [2.24, 2.45) is 11.5 Å². The molecule has 5 nitrogen and oxygen atoms in total. The van der Waals surface area contributed by atoms with Crippen molar-refractivity contribution in [1.82, 2.24) is 10.6 Å². The topological polar surface area (TPSA) is 93.2 Å². The summed E-state index contributed by atoms with van der Waals surface area (Å²) < 4.78 is 0.520. The number of nitrogens with one attached hydrogen (secondary N) is 2. The number of halogens is 2. The Morgan fingerprint density at radius 1 is 1.32 bits per heavy atom. The Morgan fingerprint density at radius 2 is 2.08 bits per heavy atom. The molecule has 0 spiro atoms. The maximum atomic E-state index is 12.6. The van der Waals surface area contributed by atoms with Gasteiger partial charge >= 0.3 is 0 Å². The number of thiophene rings is 1. The first-order chi connectivity index (χ1) is 12.0. The van der Waals surface area contributed by atoms with Gasteiger partial charge in [0.2, 0.25) is 0 Å². The molecule has 134 valence electrons. The summed E-state index contributed by atoms with van der Waals surface area (Å²) in [6, 6.07) is 8.66. The van der Waals surface area contributed by atoms with Gasteiger partial charge in [0, 0.05) is 36.4 Å². The summed E-state index contributed by atoms with van der Waals surface area (Å²) >= 11 is 13.5. The van der Waals surface area contributed by atoms with Gasteiger partial charge in [-0.15, -0.1) is 11.3 Å². The quantitative estimate of drug-likeness (QED) is 0.576. The average Bonchev–Trinajstić information content (AvgIpc) is 2.99. The summed E-state index contributed by atoms with van der Waals surface area (Å²) in [5.74, 6) is -0.239. The lowest BCUT2D eigenvalue weighted by molar-refractivity contribution is 0.0942. The smallest absolute Gasteiger partial charge is 0.261 e. The average molecular weight is 399 g/mol. The van der Waals surface area contributed by atoms with Gasteiger partial charge in [-0.3, -0.25) is 4.79 Å². The second kappa shape index (κ2) is 9.22. The number of carbonyl (C=O) groups is 1. The molecule has 1 amide bonds. The second-order valence-corrected chi connectivity index (χ2v) is 7.31. The number of hydrogen-bond donors (Lipinski definition) is 4. The molecule has 1 aromatic carbocycles. The van der Waals surface area contributed by atoms with Crippen LogP contribution in [0.15, 0.2) is 36.4 Å². The molecule has 0 saturated carbocycles. The molecule has 0 aliphatic heterocycles. The van der Waals surface area contributed by atoms with Crippen LogP contribution in [-0.2, 0) is 0 Å². The molecular weight excluding hydrogens is 379 g/mol. The molecule has 0 fully saturated rings. The van der Waals surface area contributed by atoms with Gasteiger partial charge in [0.05, 0.1) is 10.9 Å². The Labute approximate surface area is 161 Å². The van der Waals surface area contributed by atoms with Crippen molar-refractivity contribution in [1.29, 1.82) is 0 Å². The van der Waals surface area contributed by atoms with Gasteiger partial charge < -0.3 is 22.1 Å². The SMILES string of the molecule is CN/C(=C\CN)c1cc(C(=O)NC(CN)c2cccc(Cl)c2)sc1Cl. The van der Waals surface area contributed by atoms with Crippen molar-refractivity contribution in [3.05, 3.63) is 61.8 Å². The zero-order valence-corrected chi connectivity index (χ0v) is 16.0. The van der Waals surface area contributed by atoms with E-state index in [4.69, 9.17) is 34.7 Å². The van der Waals surface area contributed by atoms with Crippen molar-refractivity contribution in [3.63, 3.8) is 0 Å². The summed E-state index contributed by atoms with van der Waals surface area (Å²) in [5.41, 5.74) is 13.8. The zero-order valence-electron chi connectivity index (χ0n) is 13.7. The number of hydrogen-bond acceptors (Lipinski definition) is 5. The lowest BCUT2D eigenvalue weighted by Crippen LogP contribution is -2.33. The summed E-state index contributed by atoms with van der Waals surface area (Å²) in [5, 5.41) is 6.55. The molecule has 0 aliphatic rings. The first-order valence-electron chi connectivity index (χ1n) is 7.64. The summed E-state index contributed by atoms with van der Waals surface area (Å²) in [6.07, 6.45) is 1.81. The molecule has 1 atom stereocenters. The number of carbonyl (C=O) groups excluding carboxylic acids is 1. The first kappa shape index (κ1) is 19.8. The third-order valence-electron chi connectivity index (χ3n) is 3.58. The molecule has 2 rings (SSSR count). The van der Waals surface area contributed by atoms with Crippen LogP contribution >= 0.6 is 34.5 Å². The largest absolute Gasteiger partial charge is 0.388 e. The summed E-state index contributed by atoms with van der Waals surface area (Å²) in [4.78, 5) is 13.1. The highest BCUT2D eigenvalue weighted by Gasteiger charge is 2.19. The van der Waals surface area contributed by atoms with Crippen molar-refractivity contribution < 1.29 is 4.79 Å². The molecule has 6 N–H and O–H groups in total. The molecule has 25 heavy (non-hydrogen) atoms. The van der Waals surface area contributed by atoms with Crippen LogP contribution in [0.25, 0.3) is 5.70 Å². The summed E-state index contributed by atoms with van der Waals surface area (Å²) in [6.45, 7) is 0.626. The fraction of sp³-hybridized carbons (Fsp3) is 0.235. The van der Waals surface area contributed by atoms with Crippen LogP contribution < -0.4 is 22.1 Å². The van der Waals surface area contributed by atoms with Gasteiger partial charge in [0.25, 0.3) is 5.91 Å². The fourth-order valence-electron chi connectivity index (χ4n) is 2.36. The van der Waals surface area contributed by atoms with Gasteiger partial charge in [-0.1, -0.05) is 35.3 Å². The van der Waals surface area contributed by atoms with Crippen LogP contribution in [0.5, 0.6) is 0 Å². The predicted molar refractivity (Wildman–Crippen MR) is 106 cm³/mol. The minimum absolute atomic E-state index is 0.239. The zero-order chi connectivity index (χ0) is 18.4. The number of rotatable bonds is 7. The van der Waals surface area contributed by atoms with Gasteiger partial charge in [-0.25, -0.2) is 0 Å². The fourth-order valence-corrected chi connectivity index (χ4v) is 3.76. The molecule has 1 heterocycles. The van der Waals surface area contributed by atoms with Crippen molar-refractivity contribution in [2.45, 2.75) is 6.04 Å². The third kappa shape index (κ3) is 4.96. The molecule has 0 aliphatic carbocycles. The van der Waals surface area contributed by atoms with E-state index in [1.54, 1.807) is 25.2 Å². The second-order valence-electron chi connectivity index (χ2n) is 5.22. The highest BCUT2D eigenvalue weighted by molar-refractivity contribution is 7.18. The normalized spacial score (nSPS) is 12.8. The van der Waals surface area contributed by atoms with E-state index in [2.05, 4.69) is 10.6 Å². The van der Waals surface area contributed by atoms with E-state index in [9.17, 15) is 4.79 Å². The lowest BCUT2D eigenvalue weighted by Gasteiger charge is -2.17. The van der Waals surface area contributed by atoms with E-state index in [0.29, 0.717) is 20.8 Å². The number of benzene rings is 1. The maximum Gasteiger partial charge on any atom is 0.261 e. The van der Waals surface area contributed by atoms with Gasteiger partial charge in [0.1, 0.15) is 4.34 Å². The van der Waals surface area contributed by atoms with Crippen LogP contribution in [0.2, 0.25) is 9.36 Å². The lowest BCUT2D eigenvalue weighted by atomic mass is 10.1. The van der Waals surface area contributed by atoms with E-state index < -0.39 is 0 Å². The first-order valence-corrected chi connectivity index (χ1v) is 9.21.